The van der Waals surface area contributed by atoms with Crippen LogP contribution in [0.1, 0.15) is 94.2 Å². The Balaban J connectivity index is 1.42. The van der Waals surface area contributed by atoms with Crippen LogP contribution in [-0.4, -0.2) is 46.4 Å². The van der Waals surface area contributed by atoms with Crippen molar-refractivity contribution in [3.8, 4) is 11.3 Å². The minimum Gasteiger partial charge on any atom is -0.361 e. The van der Waals surface area contributed by atoms with E-state index in [-0.39, 0.29) is 17.6 Å². The molecule has 0 bridgehead atoms. The maximum Gasteiger partial charge on any atom is 0.451 e. The molecular formula is C48H48F5N11. The third kappa shape index (κ3) is 11.9. The average molecular weight is 874 g/mol. The largest absolute Gasteiger partial charge is 0.451 e. The SMILES string of the molecule is C\C=C(/N=C(C(=N[C@H](C)c1cnc(C(F)(F)F)nc1)N/C=C/C(CC)C(Nc1ncnc2ncc(-c3ccc(F)cc3)nc12)c1ccc(C)nc1)/C(C)=C/CCC)c1ccc(F)cc1. The summed E-state index contributed by atoms with van der Waals surface area (Å²) >= 11 is 0. The number of aliphatic imine (C=N–C) groups is 2. The van der Waals surface area contributed by atoms with E-state index >= 15 is 0 Å². The van der Waals surface area contributed by atoms with Gasteiger partial charge in [-0.1, -0.05) is 44.6 Å². The first kappa shape index (κ1) is 46.4. The molecule has 16 heteroatoms. The Morgan fingerprint density at radius 2 is 1.52 bits per heavy atom. The predicted octanol–water partition coefficient (Wildman–Crippen LogP) is 11.6. The predicted molar refractivity (Wildman–Crippen MR) is 241 cm³/mol. The molecule has 0 fully saturated rings. The molecule has 11 nitrogen and oxygen atoms in total. The summed E-state index contributed by atoms with van der Waals surface area (Å²) in [5, 5.41) is 6.98. The van der Waals surface area contributed by atoms with Crippen LogP contribution in [-0.2, 0) is 6.18 Å². The third-order valence-electron chi connectivity index (χ3n) is 10.2. The first-order valence-electron chi connectivity index (χ1n) is 20.8. The molecule has 0 aliphatic carbocycles. The molecule has 330 valence electrons. The Bertz CT molecular complexity index is 2660. The van der Waals surface area contributed by atoms with Crippen LogP contribution < -0.4 is 10.6 Å². The maximum absolute atomic E-state index is 14.0. The number of benzene rings is 2. The Labute approximate surface area is 368 Å². The number of rotatable bonds is 16. The lowest BCUT2D eigenvalue weighted by molar-refractivity contribution is -0.145. The second kappa shape index (κ2) is 21.3. The van der Waals surface area contributed by atoms with E-state index in [1.165, 1.54) is 30.6 Å². The summed E-state index contributed by atoms with van der Waals surface area (Å²) in [5.74, 6) is -1.49. The summed E-state index contributed by atoms with van der Waals surface area (Å²) in [5.41, 5.74) is 6.47. The van der Waals surface area contributed by atoms with Crippen LogP contribution in [0, 0.1) is 24.5 Å². The van der Waals surface area contributed by atoms with E-state index in [0.29, 0.717) is 63.0 Å². The van der Waals surface area contributed by atoms with Crippen molar-refractivity contribution >= 4 is 34.2 Å². The minimum atomic E-state index is -4.70. The molecule has 6 rings (SSSR count). The normalized spacial score (nSPS) is 14.5. The molecule has 2 unspecified atom stereocenters. The van der Waals surface area contributed by atoms with E-state index in [4.69, 9.17) is 15.0 Å². The summed E-state index contributed by atoms with van der Waals surface area (Å²) in [4.78, 5) is 40.1. The number of pyridine rings is 1. The highest BCUT2D eigenvalue weighted by molar-refractivity contribution is 6.48. The lowest BCUT2D eigenvalue weighted by atomic mass is 9.91. The van der Waals surface area contributed by atoms with Crippen molar-refractivity contribution in [2.75, 3.05) is 5.32 Å². The standard InChI is InChI=1S/C48H48F5N11/c1-7-10-11-29(4)41(62-39(9-3)33-14-18-37(49)19-15-33)45(61-31(6)36-25-57-47(58-26-36)48(51,52)53)54-23-22-32(8-2)42(35-13-12-30(5)55-24-35)64-46-43-44(59-28-60-46)56-27-40(63-43)34-16-20-38(50)21-17-34/h9,11-28,31-32,42H,7-8,10H2,1-6H3,(H,54,61)(H,56,59,60,64)/b23-22+,29-11+,39-9-,62-41-/t31-,32?,42?/m1/s1. The molecule has 4 aromatic heterocycles. The minimum absolute atomic E-state index is 0.223. The van der Waals surface area contributed by atoms with Gasteiger partial charge in [-0.25, -0.2) is 43.7 Å². The number of anilines is 1. The summed E-state index contributed by atoms with van der Waals surface area (Å²) < 4.78 is 68.0. The quantitative estimate of drug-likeness (QED) is 0.0553. The molecule has 0 saturated carbocycles. The van der Waals surface area contributed by atoms with Crippen molar-refractivity contribution in [1.29, 1.82) is 0 Å². The fourth-order valence-electron chi connectivity index (χ4n) is 6.64. The number of halogens is 5. The van der Waals surface area contributed by atoms with E-state index in [0.717, 1.165) is 42.1 Å². The molecule has 2 N–H and O–H groups in total. The monoisotopic (exact) mass is 873 g/mol. The van der Waals surface area contributed by atoms with Crippen LogP contribution in [0.25, 0.3) is 28.1 Å². The van der Waals surface area contributed by atoms with Gasteiger partial charge in [0.05, 0.1) is 29.7 Å². The van der Waals surface area contributed by atoms with Crippen molar-refractivity contribution in [1.82, 2.24) is 40.2 Å². The van der Waals surface area contributed by atoms with E-state index in [2.05, 4.69) is 47.5 Å². The van der Waals surface area contributed by atoms with Crippen LogP contribution in [0.2, 0.25) is 0 Å². The molecule has 0 amide bonds. The Hall–Kier alpha value is -7.10. The number of hydrogen-bond donors (Lipinski definition) is 2. The fourth-order valence-corrected chi connectivity index (χ4v) is 6.64. The smallest absolute Gasteiger partial charge is 0.361 e. The number of aromatic nitrogens is 7. The highest BCUT2D eigenvalue weighted by Gasteiger charge is 2.34. The van der Waals surface area contributed by atoms with Gasteiger partial charge in [-0.3, -0.25) is 9.98 Å². The molecule has 4 heterocycles. The summed E-state index contributed by atoms with van der Waals surface area (Å²) in [6, 6.07) is 14.7. The maximum atomic E-state index is 14.0. The third-order valence-corrected chi connectivity index (χ3v) is 10.2. The molecule has 0 saturated heterocycles. The van der Waals surface area contributed by atoms with E-state index in [1.807, 2.05) is 58.1 Å². The second-order valence-corrected chi connectivity index (χ2v) is 14.9. The van der Waals surface area contributed by atoms with Crippen LogP contribution in [0.15, 0.2) is 132 Å². The van der Waals surface area contributed by atoms with Gasteiger partial charge < -0.3 is 10.6 Å². The van der Waals surface area contributed by atoms with E-state index in [1.54, 1.807) is 49.8 Å². The number of nitrogens with one attached hydrogen (secondary N) is 2. The molecule has 2 aromatic carbocycles. The summed E-state index contributed by atoms with van der Waals surface area (Å²) in [7, 11) is 0. The van der Waals surface area contributed by atoms with Gasteiger partial charge in [0.1, 0.15) is 23.7 Å². The molecule has 0 aliphatic heterocycles. The Morgan fingerprint density at radius 3 is 2.14 bits per heavy atom. The van der Waals surface area contributed by atoms with Gasteiger partial charge in [0.25, 0.3) is 0 Å². The number of fused-ring (bicyclic) bond motifs is 1. The van der Waals surface area contributed by atoms with Crippen LogP contribution in [0.3, 0.4) is 0 Å². The first-order valence-corrected chi connectivity index (χ1v) is 20.8. The van der Waals surface area contributed by atoms with Gasteiger partial charge in [0, 0.05) is 41.3 Å². The second-order valence-electron chi connectivity index (χ2n) is 14.9. The zero-order chi connectivity index (χ0) is 45.8. The van der Waals surface area contributed by atoms with Crippen molar-refractivity contribution < 1.29 is 22.0 Å². The van der Waals surface area contributed by atoms with Crippen LogP contribution in [0.5, 0.6) is 0 Å². The van der Waals surface area contributed by atoms with Crippen molar-refractivity contribution in [3.05, 3.63) is 162 Å². The van der Waals surface area contributed by atoms with Gasteiger partial charge in [0.15, 0.2) is 22.8 Å². The highest BCUT2D eigenvalue weighted by atomic mass is 19.4. The fraction of sp³-hybridized carbons (Fsp3) is 0.271. The molecule has 6 aromatic rings. The number of nitrogens with zero attached hydrogens (tertiary/aromatic N) is 9. The number of allylic oxidation sites excluding steroid dienone is 2. The lowest BCUT2D eigenvalue weighted by Crippen LogP contribution is -2.30. The summed E-state index contributed by atoms with van der Waals surface area (Å²) in [6.45, 7) is 11.5. The lowest BCUT2D eigenvalue weighted by Gasteiger charge is -2.26. The number of amidine groups is 1. The number of hydrogen-bond acceptors (Lipinski definition) is 10. The zero-order valence-corrected chi connectivity index (χ0v) is 36.2. The van der Waals surface area contributed by atoms with Gasteiger partial charge in [-0.05, 0) is 118 Å². The molecule has 0 spiro atoms. The van der Waals surface area contributed by atoms with Crippen molar-refractivity contribution in [2.45, 2.75) is 79.1 Å². The number of unbranched alkanes of at least 4 members (excludes halogenated alkanes) is 1. The van der Waals surface area contributed by atoms with Crippen LogP contribution in [0.4, 0.5) is 27.8 Å². The topological polar surface area (TPSA) is 139 Å². The Morgan fingerprint density at radius 1 is 0.828 bits per heavy atom. The van der Waals surface area contributed by atoms with Gasteiger partial charge >= 0.3 is 6.18 Å². The van der Waals surface area contributed by atoms with Crippen LogP contribution >= 0.6 is 0 Å². The first-order chi connectivity index (χ1) is 30.8. The Kier molecular flexibility index (Phi) is 15.5. The molecule has 64 heavy (non-hydrogen) atoms. The highest BCUT2D eigenvalue weighted by Crippen LogP contribution is 2.32. The molecule has 3 atom stereocenters. The zero-order valence-electron chi connectivity index (χ0n) is 36.2. The van der Waals surface area contributed by atoms with E-state index < -0.39 is 24.1 Å². The van der Waals surface area contributed by atoms with Gasteiger partial charge in [-0.2, -0.15) is 13.2 Å². The number of aryl methyl sites for hydroxylation is 1. The molecular weight excluding hydrogens is 826 g/mol. The molecule has 0 radical (unpaired) electrons. The van der Waals surface area contributed by atoms with E-state index in [9.17, 15) is 22.0 Å². The van der Waals surface area contributed by atoms with Crippen molar-refractivity contribution in [2.24, 2.45) is 15.9 Å². The summed E-state index contributed by atoms with van der Waals surface area (Å²) in [6.07, 6.45) is 12.2. The van der Waals surface area contributed by atoms with Crippen molar-refractivity contribution in [3.63, 3.8) is 0 Å². The van der Waals surface area contributed by atoms with Gasteiger partial charge in [-0.15, -0.1) is 0 Å². The number of alkyl halides is 3. The molecule has 0 aliphatic rings. The van der Waals surface area contributed by atoms with Gasteiger partial charge in [0.2, 0.25) is 5.82 Å². The average Bonchev–Trinajstić information content (AvgIpc) is 3.29.